The molecule has 0 saturated heterocycles. The highest BCUT2D eigenvalue weighted by Gasteiger charge is 2.18. The van der Waals surface area contributed by atoms with E-state index in [1.165, 1.54) is 11.3 Å². The van der Waals surface area contributed by atoms with Gasteiger partial charge in [-0.25, -0.2) is 0 Å². The van der Waals surface area contributed by atoms with E-state index in [0.29, 0.717) is 16.1 Å². The second-order valence-electron chi connectivity index (χ2n) is 4.17. The first-order valence-corrected chi connectivity index (χ1v) is 6.78. The lowest BCUT2D eigenvalue weighted by Gasteiger charge is -2.19. The molecule has 2 N–H and O–H groups in total. The molecular formula is C11H20N4OS. The van der Waals surface area contributed by atoms with Gasteiger partial charge in [0, 0.05) is 12.6 Å². The normalized spacial score (nSPS) is 12.5. The third-order valence-corrected chi connectivity index (χ3v) is 3.39. The van der Waals surface area contributed by atoms with Crippen molar-refractivity contribution >= 4 is 22.4 Å². The van der Waals surface area contributed by atoms with Gasteiger partial charge in [-0.1, -0.05) is 32.1 Å². The summed E-state index contributed by atoms with van der Waals surface area (Å²) in [5.41, 5.74) is 0. The Bertz CT molecular complexity index is 364. The maximum atomic E-state index is 11.9. The van der Waals surface area contributed by atoms with Crippen LogP contribution in [-0.4, -0.2) is 28.7 Å². The number of aromatic nitrogens is 2. The van der Waals surface area contributed by atoms with Crippen LogP contribution in [0.2, 0.25) is 0 Å². The zero-order chi connectivity index (χ0) is 12.8. The fourth-order valence-corrected chi connectivity index (χ4v) is 2.22. The third kappa shape index (κ3) is 3.96. The minimum absolute atomic E-state index is 0.132. The number of nitrogens with zero attached hydrogens (tertiary/aromatic N) is 2. The Hall–Kier alpha value is -1.17. The standard InChI is InChI=1S/C11H20N4OS/c1-5-8(7(3)4)13-9(16)10-14-15-11(17-10)12-6-2/h7-8H,5-6H2,1-4H3,(H,12,15)(H,13,16). The Morgan fingerprint density at radius 3 is 2.59 bits per heavy atom. The van der Waals surface area contributed by atoms with E-state index in [9.17, 15) is 4.79 Å². The summed E-state index contributed by atoms with van der Waals surface area (Å²) in [5, 5.41) is 14.9. The summed E-state index contributed by atoms with van der Waals surface area (Å²) in [6, 6.07) is 0.189. The van der Waals surface area contributed by atoms with Crippen LogP contribution in [0.5, 0.6) is 0 Å². The van der Waals surface area contributed by atoms with E-state index >= 15 is 0 Å². The summed E-state index contributed by atoms with van der Waals surface area (Å²) in [6.45, 7) is 9.01. The largest absolute Gasteiger partial charge is 0.360 e. The van der Waals surface area contributed by atoms with Gasteiger partial charge >= 0.3 is 0 Å². The summed E-state index contributed by atoms with van der Waals surface area (Å²) in [5.74, 6) is 0.289. The molecule has 0 radical (unpaired) electrons. The zero-order valence-electron chi connectivity index (χ0n) is 10.8. The van der Waals surface area contributed by atoms with Gasteiger partial charge in [0.2, 0.25) is 10.1 Å². The number of hydrogen-bond acceptors (Lipinski definition) is 5. The topological polar surface area (TPSA) is 66.9 Å². The number of hydrogen-bond donors (Lipinski definition) is 2. The van der Waals surface area contributed by atoms with Crippen LogP contribution in [0.15, 0.2) is 0 Å². The van der Waals surface area contributed by atoms with Crippen molar-refractivity contribution in [3.05, 3.63) is 5.01 Å². The summed E-state index contributed by atoms with van der Waals surface area (Å²) in [7, 11) is 0. The van der Waals surface area contributed by atoms with Crippen LogP contribution in [0.3, 0.4) is 0 Å². The Balaban J connectivity index is 2.62. The van der Waals surface area contributed by atoms with Gasteiger partial charge in [-0.05, 0) is 19.3 Å². The minimum Gasteiger partial charge on any atom is -0.360 e. The van der Waals surface area contributed by atoms with E-state index in [0.717, 1.165) is 13.0 Å². The molecule has 1 heterocycles. The van der Waals surface area contributed by atoms with Crippen LogP contribution in [0.1, 0.15) is 43.9 Å². The van der Waals surface area contributed by atoms with Gasteiger partial charge in [0.15, 0.2) is 0 Å². The highest BCUT2D eigenvalue weighted by molar-refractivity contribution is 7.17. The SMILES string of the molecule is CCNc1nnc(C(=O)NC(CC)C(C)C)s1. The predicted molar refractivity (Wildman–Crippen MR) is 70.5 cm³/mol. The average molecular weight is 256 g/mol. The lowest BCUT2D eigenvalue weighted by Crippen LogP contribution is -2.37. The van der Waals surface area contributed by atoms with Crippen molar-refractivity contribution in [3.63, 3.8) is 0 Å². The van der Waals surface area contributed by atoms with Gasteiger partial charge < -0.3 is 10.6 Å². The Labute approximate surface area is 106 Å². The smallest absolute Gasteiger partial charge is 0.282 e. The van der Waals surface area contributed by atoms with Gasteiger partial charge in [-0.3, -0.25) is 4.79 Å². The van der Waals surface area contributed by atoms with Gasteiger partial charge in [0.25, 0.3) is 5.91 Å². The first-order valence-electron chi connectivity index (χ1n) is 5.96. The molecule has 1 atom stereocenters. The van der Waals surface area contributed by atoms with Crippen LogP contribution in [-0.2, 0) is 0 Å². The molecule has 0 aromatic carbocycles. The molecule has 0 saturated carbocycles. The summed E-state index contributed by atoms with van der Waals surface area (Å²) in [6.07, 6.45) is 0.919. The molecule has 1 aromatic heterocycles. The lowest BCUT2D eigenvalue weighted by atomic mass is 10.0. The van der Waals surface area contributed by atoms with Crippen LogP contribution in [0.25, 0.3) is 0 Å². The number of amides is 1. The van der Waals surface area contributed by atoms with E-state index in [4.69, 9.17) is 0 Å². The van der Waals surface area contributed by atoms with E-state index in [1.54, 1.807) is 0 Å². The van der Waals surface area contributed by atoms with Crippen LogP contribution >= 0.6 is 11.3 Å². The summed E-state index contributed by atoms with van der Waals surface area (Å²) in [4.78, 5) is 11.9. The second-order valence-corrected chi connectivity index (χ2v) is 5.15. The van der Waals surface area contributed by atoms with Crippen molar-refractivity contribution in [2.45, 2.75) is 40.2 Å². The first kappa shape index (κ1) is 13.9. The molecule has 1 amide bonds. The van der Waals surface area contributed by atoms with Crippen molar-refractivity contribution < 1.29 is 4.79 Å². The van der Waals surface area contributed by atoms with Crippen molar-refractivity contribution in [2.24, 2.45) is 5.92 Å². The van der Waals surface area contributed by atoms with E-state index in [1.807, 2.05) is 6.92 Å². The summed E-state index contributed by atoms with van der Waals surface area (Å²) >= 11 is 1.28. The van der Waals surface area contributed by atoms with Crippen molar-refractivity contribution in [1.82, 2.24) is 15.5 Å². The molecule has 17 heavy (non-hydrogen) atoms. The molecule has 96 valence electrons. The fourth-order valence-electron chi connectivity index (χ4n) is 1.51. The predicted octanol–water partition coefficient (Wildman–Crippen LogP) is 2.13. The Morgan fingerprint density at radius 1 is 1.35 bits per heavy atom. The van der Waals surface area contributed by atoms with E-state index in [-0.39, 0.29) is 11.9 Å². The van der Waals surface area contributed by atoms with E-state index in [2.05, 4.69) is 41.6 Å². The number of carbonyl (C=O) groups is 1. The molecule has 0 aliphatic carbocycles. The molecule has 5 nitrogen and oxygen atoms in total. The fraction of sp³-hybridized carbons (Fsp3) is 0.727. The number of carbonyl (C=O) groups excluding carboxylic acids is 1. The highest BCUT2D eigenvalue weighted by Crippen LogP contribution is 2.15. The van der Waals surface area contributed by atoms with Gasteiger partial charge in [0.1, 0.15) is 0 Å². The Morgan fingerprint density at radius 2 is 2.06 bits per heavy atom. The maximum Gasteiger partial charge on any atom is 0.282 e. The summed E-state index contributed by atoms with van der Waals surface area (Å²) < 4.78 is 0. The number of anilines is 1. The molecule has 1 aromatic rings. The quantitative estimate of drug-likeness (QED) is 0.818. The molecule has 0 aliphatic rings. The minimum atomic E-state index is -0.132. The van der Waals surface area contributed by atoms with Crippen LogP contribution in [0, 0.1) is 5.92 Å². The highest BCUT2D eigenvalue weighted by atomic mass is 32.1. The molecule has 0 aliphatic heterocycles. The van der Waals surface area contributed by atoms with Gasteiger partial charge in [0.05, 0.1) is 0 Å². The number of nitrogens with one attached hydrogen (secondary N) is 2. The van der Waals surface area contributed by atoms with Crippen LogP contribution in [0.4, 0.5) is 5.13 Å². The maximum absolute atomic E-state index is 11.9. The molecule has 0 spiro atoms. The third-order valence-electron chi connectivity index (χ3n) is 2.51. The van der Waals surface area contributed by atoms with Gasteiger partial charge in [-0.15, -0.1) is 10.2 Å². The second kappa shape index (κ2) is 6.54. The van der Waals surface area contributed by atoms with Crippen molar-refractivity contribution in [1.29, 1.82) is 0 Å². The Kier molecular flexibility index (Phi) is 5.34. The molecule has 6 heteroatoms. The molecule has 0 fully saturated rings. The molecule has 1 unspecified atom stereocenters. The van der Waals surface area contributed by atoms with Crippen molar-refractivity contribution in [3.8, 4) is 0 Å². The lowest BCUT2D eigenvalue weighted by molar-refractivity contribution is 0.0923. The average Bonchev–Trinajstić information content (AvgIpc) is 2.74. The number of rotatable bonds is 6. The first-order chi connectivity index (χ1) is 8.08. The van der Waals surface area contributed by atoms with Crippen LogP contribution < -0.4 is 10.6 Å². The molecule has 1 rings (SSSR count). The van der Waals surface area contributed by atoms with E-state index < -0.39 is 0 Å². The molecular weight excluding hydrogens is 236 g/mol. The van der Waals surface area contributed by atoms with Crippen molar-refractivity contribution in [2.75, 3.05) is 11.9 Å². The zero-order valence-corrected chi connectivity index (χ0v) is 11.6. The monoisotopic (exact) mass is 256 g/mol. The van der Waals surface area contributed by atoms with Gasteiger partial charge in [-0.2, -0.15) is 0 Å². The molecule has 0 bridgehead atoms.